The second-order valence-corrected chi connectivity index (χ2v) is 7.09. The number of ketones is 1. The predicted octanol–water partition coefficient (Wildman–Crippen LogP) is 4.98. The SMILES string of the molecule is COc1cc(OC)c(OC)cc1/C=C1\Oc2cc(OCC=C(C)C)cc(C)c2C1=O. The summed E-state index contributed by atoms with van der Waals surface area (Å²) in [4.78, 5) is 13.0. The van der Waals surface area contributed by atoms with Crippen LogP contribution in [0.5, 0.6) is 28.7 Å². The molecule has 2 aromatic rings. The van der Waals surface area contributed by atoms with Crippen LogP contribution in [0.1, 0.15) is 35.3 Å². The average molecular weight is 410 g/mol. The maximum atomic E-state index is 13.0. The first-order valence-corrected chi connectivity index (χ1v) is 9.53. The van der Waals surface area contributed by atoms with Crippen LogP contribution in [0.25, 0.3) is 6.08 Å². The quantitative estimate of drug-likeness (QED) is 0.474. The number of ether oxygens (including phenoxy) is 5. The van der Waals surface area contributed by atoms with Gasteiger partial charge < -0.3 is 23.7 Å². The molecule has 1 aliphatic heterocycles. The van der Waals surface area contributed by atoms with E-state index in [0.717, 1.165) is 5.56 Å². The Morgan fingerprint density at radius 1 is 0.967 bits per heavy atom. The maximum Gasteiger partial charge on any atom is 0.232 e. The summed E-state index contributed by atoms with van der Waals surface area (Å²) in [6.07, 6.45) is 3.63. The highest BCUT2D eigenvalue weighted by molar-refractivity contribution is 6.15. The number of aryl methyl sites for hydroxylation is 1. The van der Waals surface area contributed by atoms with Crippen molar-refractivity contribution in [2.45, 2.75) is 20.8 Å². The van der Waals surface area contributed by atoms with Crippen LogP contribution in [0.3, 0.4) is 0 Å². The Morgan fingerprint density at radius 3 is 2.27 bits per heavy atom. The number of hydrogen-bond donors (Lipinski definition) is 0. The normalized spacial score (nSPS) is 13.5. The van der Waals surface area contributed by atoms with Crippen LogP contribution in [-0.4, -0.2) is 33.7 Å². The molecular formula is C24H26O6. The van der Waals surface area contributed by atoms with E-state index < -0.39 is 0 Å². The van der Waals surface area contributed by atoms with Gasteiger partial charge in [-0.2, -0.15) is 0 Å². The van der Waals surface area contributed by atoms with Gasteiger partial charge in [0.05, 0.1) is 26.9 Å². The molecule has 0 N–H and O–H groups in total. The topological polar surface area (TPSA) is 63.2 Å². The summed E-state index contributed by atoms with van der Waals surface area (Å²) < 4.78 is 27.8. The van der Waals surface area contributed by atoms with Crippen LogP contribution in [0.2, 0.25) is 0 Å². The number of Topliss-reactive ketones (excluding diaryl/α,β-unsaturated/α-hetero) is 1. The molecule has 158 valence electrons. The molecule has 0 aromatic heterocycles. The van der Waals surface area contributed by atoms with Crippen LogP contribution in [0.15, 0.2) is 41.7 Å². The van der Waals surface area contributed by atoms with Gasteiger partial charge in [0.15, 0.2) is 17.3 Å². The molecule has 0 bridgehead atoms. The van der Waals surface area contributed by atoms with Crippen molar-refractivity contribution < 1.29 is 28.5 Å². The number of methoxy groups -OCH3 is 3. The Balaban J connectivity index is 1.95. The van der Waals surface area contributed by atoms with Gasteiger partial charge >= 0.3 is 0 Å². The van der Waals surface area contributed by atoms with Gasteiger partial charge in [0.25, 0.3) is 0 Å². The third-order valence-electron chi connectivity index (χ3n) is 4.71. The fourth-order valence-corrected chi connectivity index (χ4v) is 3.17. The van der Waals surface area contributed by atoms with Gasteiger partial charge in [-0.1, -0.05) is 5.57 Å². The molecule has 0 aliphatic carbocycles. The number of fused-ring (bicyclic) bond motifs is 1. The number of allylic oxidation sites excluding steroid dienone is 2. The van der Waals surface area contributed by atoms with Crippen molar-refractivity contribution in [1.82, 2.24) is 0 Å². The van der Waals surface area contributed by atoms with Crippen LogP contribution < -0.4 is 23.7 Å². The standard InChI is InChI=1S/C24H26O6/c1-14(2)7-8-29-17-9-15(3)23-21(12-17)30-22(24(23)25)11-16-10-19(27-5)20(28-6)13-18(16)26-4/h7,9-13H,8H2,1-6H3/b22-11-. The van der Waals surface area contributed by atoms with Gasteiger partial charge in [-0.15, -0.1) is 0 Å². The lowest BCUT2D eigenvalue weighted by Gasteiger charge is -2.12. The Morgan fingerprint density at radius 2 is 1.63 bits per heavy atom. The molecule has 0 radical (unpaired) electrons. The van der Waals surface area contributed by atoms with E-state index in [1.54, 1.807) is 45.6 Å². The Bertz CT molecular complexity index is 1030. The molecule has 0 saturated carbocycles. The molecule has 0 saturated heterocycles. The smallest absolute Gasteiger partial charge is 0.232 e. The molecule has 3 rings (SSSR count). The fraction of sp³-hybridized carbons (Fsp3) is 0.292. The van der Waals surface area contributed by atoms with E-state index in [2.05, 4.69) is 0 Å². The Labute approximate surface area is 176 Å². The van der Waals surface area contributed by atoms with E-state index >= 15 is 0 Å². The molecule has 0 atom stereocenters. The molecular weight excluding hydrogens is 384 g/mol. The molecule has 1 heterocycles. The second-order valence-electron chi connectivity index (χ2n) is 7.09. The summed E-state index contributed by atoms with van der Waals surface area (Å²) in [5, 5.41) is 0. The van der Waals surface area contributed by atoms with Crippen molar-refractivity contribution in [3.05, 3.63) is 58.4 Å². The van der Waals surface area contributed by atoms with E-state index in [1.807, 2.05) is 32.9 Å². The molecule has 0 fully saturated rings. The molecule has 0 amide bonds. The largest absolute Gasteiger partial charge is 0.496 e. The molecule has 6 nitrogen and oxygen atoms in total. The Hall–Kier alpha value is -3.41. The van der Waals surface area contributed by atoms with Crippen LogP contribution >= 0.6 is 0 Å². The van der Waals surface area contributed by atoms with E-state index in [0.29, 0.717) is 46.5 Å². The minimum Gasteiger partial charge on any atom is -0.496 e. The molecule has 1 aliphatic rings. The van der Waals surface area contributed by atoms with Gasteiger partial charge in [-0.3, -0.25) is 4.79 Å². The van der Waals surface area contributed by atoms with Crippen molar-refractivity contribution in [1.29, 1.82) is 0 Å². The Kier molecular flexibility index (Phi) is 6.35. The molecule has 0 spiro atoms. The van der Waals surface area contributed by atoms with Gasteiger partial charge in [0.2, 0.25) is 5.78 Å². The zero-order chi connectivity index (χ0) is 21.8. The lowest BCUT2D eigenvalue weighted by atomic mass is 10.0. The first-order valence-electron chi connectivity index (χ1n) is 9.53. The number of benzene rings is 2. The molecule has 6 heteroatoms. The zero-order valence-corrected chi connectivity index (χ0v) is 18.1. The van der Waals surface area contributed by atoms with Crippen molar-refractivity contribution in [2.24, 2.45) is 0 Å². The minimum atomic E-state index is -0.185. The van der Waals surface area contributed by atoms with Gasteiger partial charge in [0.1, 0.15) is 23.9 Å². The van der Waals surface area contributed by atoms with Crippen LogP contribution in [0.4, 0.5) is 0 Å². The minimum absolute atomic E-state index is 0.185. The zero-order valence-electron chi connectivity index (χ0n) is 18.1. The number of rotatable bonds is 7. The fourth-order valence-electron chi connectivity index (χ4n) is 3.17. The van der Waals surface area contributed by atoms with Crippen molar-refractivity contribution in [2.75, 3.05) is 27.9 Å². The number of hydrogen-bond acceptors (Lipinski definition) is 6. The third kappa shape index (κ3) is 4.27. The second kappa shape index (κ2) is 8.95. The van der Waals surface area contributed by atoms with E-state index in [4.69, 9.17) is 23.7 Å². The van der Waals surface area contributed by atoms with E-state index in [1.165, 1.54) is 5.57 Å². The summed E-state index contributed by atoms with van der Waals surface area (Å²) >= 11 is 0. The number of carbonyl (C=O) groups excluding carboxylic acids is 1. The lowest BCUT2D eigenvalue weighted by molar-refractivity contribution is 0.101. The molecule has 2 aromatic carbocycles. The highest BCUT2D eigenvalue weighted by atomic mass is 16.5. The number of carbonyl (C=O) groups is 1. The molecule has 30 heavy (non-hydrogen) atoms. The van der Waals surface area contributed by atoms with Crippen LogP contribution in [0, 0.1) is 6.92 Å². The van der Waals surface area contributed by atoms with Crippen molar-refractivity contribution in [3.63, 3.8) is 0 Å². The maximum absolute atomic E-state index is 13.0. The first-order chi connectivity index (χ1) is 14.4. The van der Waals surface area contributed by atoms with Gasteiger partial charge in [-0.05, 0) is 50.6 Å². The van der Waals surface area contributed by atoms with Gasteiger partial charge in [0, 0.05) is 17.7 Å². The van der Waals surface area contributed by atoms with Crippen molar-refractivity contribution >= 4 is 11.9 Å². The van der Waals surface area contributed by atoms with E-state index in [-0.39, 0.29) is 11.5 Å². The third-order valence-corrected chi connectivity index (χ3v) is 4.71. The summed E-state index contributed by atoms with van der Waals surface area (Å²) in [7, 11) is 4.65. The summed E-state index contributed by atoms with van der Waals surface area (Å²) in [5.41, 5.74) is 3.15. The first kappa shape index (κ1) is 21.3. The summed E-state index contributed by atoms with van der Waals surface area (Å²) in [5.74, 6) is 2.76. The summed E-state index contributed by atoms with van der Waals surface area (Å²) in [6, 6.07) is 7.04. The lowest BCUT2D eigenvalue weighted by Crippen LogP contribution is -2.01. The summed E-state index contributed by atoms with van der Waals surface area (Å²) in [6.45, 7) is 6.35. The highest BCUT2D eigenvalue weighted by Crippen LogP contribution is 2.40. The van der Waals surface area contributed by atoms with Crippen LogP contribution in [-0.2, 0) is 0 Å². The molecule has 0 unspecified atom stereocenters. The van der Waals surface area contributed by atoms with E-state index in [9.17, 15) is 4.79 Å². The highest BCUT2D eigenvalue weighted by Gasteiger charge is 2.30. The van der Waals surface area contributed by atoms with Gasteiger partial charge in [-0.25, -0.2) is 0 Å². The predicted molar refractivity (Wildman–Crippen MR) is 115 cm³/mol. The van der Waals surface area contributed by atoms with Crippen molar-refractivity contribution in [3.8, 4) is 28.7 Å². The average Bonchev–Trinajstić information content (AvgIpc) is 3.02. The monoisotopic (exact) mass is 410 g/mol.